The molecular weight excluding hydrogens is 328 g/mol. The van der Waals surface area contributed by atoms with Crippen molar-refractivity contribution < 1.29 is 5.48 Å². The van der Waals surface area contributed by atoms with Gasteiger partial charge in [-0.2, -0.15) is 0 Å². The summed E-state index contributed by atoms with van der Waals surface area (Å²) in [5.74, 6) is 0. The summed E-state index contributed by atoms with van der Waals surface area (Å²) in [5, 5.41) is 4.00. The molecule has 1 heteroatoms. The molecule has 0 saturated carbocycles. The van der Waals surface area contributed by atoms with Crippen molar-refractivity contribution in [3.05, 3.63) is 121 Å². The van der Waals surface area contributed by atoms with Crippen molar-refractivity contribution in [3.8, 4) is 0 Å². The second-order valence-electron chi connectivity index (χ2n) is 6.35. The van der Waals surface area contributed by atoms with Crippen LogP contribution >= 0.6 is 0 Å². The molecule has 126 valence electrons. The number of hydrogen-bond acceptors (Lipinski definition) is 0. The molecule has 0 atom stereocenters. The molecule has 4 aromatic carbocycles. The second-order valence-corrected chi connectivity index (χ2v) is 10.1. The quantitative estimate of drug-likeness (QED) is 0.389. The predicted octanol–water partition coefficient (Wildman–Crippen LogP) is 3.37. The van der Waals surface area contributed by atoms with Crippen molar-refractivity contribution in [1.29, 1.82) is 0 Å². The third-order valence-electron chi connectivity index (χ3n) is 4.87. The van der Waals surface area contributed by atoms with Crippen LogP contribution in [0.2, 0.25) is 0 Å². The zero-order valence-corrected chi connectivity index (χ0v) is 15.7. The molecule has 0 heterocycles. The fraction of sp³-hybridized carbons (Fsp3) is 0.0400. The molecule has 26 heavy (non-hydrogen) atoms. The summed E-state index contributed by atoms with van der Waals surface area (Å²) in [4.78, 5) is 0. The van der Waals surface area contributed by atoms with E-state index in [0.717, 1.165) is 20.7 Å². The Labute approximate surface area is 162 Å². The van der Waals surface area contributed by atoms with E-state index in [4.69, 9.17) is 5.48 Å². The summed E-state index contributed by atoms with van der Waals surface area (Å²) in [6, 6.07) is 30.2. The lowest BCUT2D eigenvalue weighted by Gasteiger charge is -2.35. The predicted molar refractivity (Wildman–Crippen MR) is 115 cm³/mol. The van der Waals surface area contributed by atoms with E-state index >= 15 is 0 Å². The van der Waals surface area contributed by atoms with Crippen LogP contribution in [0.1, 0.15) is 11.0 Å². The van der Waals surface area contributed by atoms with Crippen molar-refractivity contribution in [1.82, 2.24) is 0 Å². The van der Waals surface area contributed by atoms with Gasteiger partial charge in [-0.1, -0.05) is 121 Å². The Bertz CT molecular complexity index is 1050. The molecule has 0 unspecified atom stereocenters. The molecule has 0 N–H and O–H groups in total. The summed E-state index contributed by atoms with van der Waals surface area (Å²) in [6.45, 7) is 1.82. The van der Waals surface area contributed by atoms with Gasteiger partial charge in [-0.15, -0.1) is 0 Å². The average Bonchev–Trinajstić information content (AvgIpc) is 2.81. The van der Waals surface area contributed by atoms with Crippen LogP contribution in [0.4, 0.5) is 0 Å². The van der Waals surface area contributed by atoms with Gasteiger partial charge in [0.2, 0.25) is 0 Å². The molecule has 0 aliphatic carbocycles. The smallest absolute Gasteiger partial charge is 0.0623 e. The van der Waals surface area contributed by atoms with E-state index in [0.29, 0.717) is 5.56 Å². The maximum atomic E-state index is 8.92. The van der Waals surface area contributed by atoms with Gasteiger partial charge in [0.15, 0.2) is 8.07 Å². The Hall–Kier alpha value is -2.90. The maximum Gasteiger partial charge on any atom is 0.179 e. The van der Waals surface area contributed by atoms with E-state index in [2.05, 4.69) is 36.4 Å². The van der Waals surface area contributed by atoms with Crippen LogP contribution in [-0.2, 0) is 0 Å². The van der Waals surface area contributed by atoms with Crippen LogP contribution in [0.15, 0.2) is 115 Å². The Kier molecular flexibility index (Phi) is 3.42. The van der Waals surface area contributed by atoms with Crippen LogP contribution in [0.3, 0.4) is 0 Å². The van der Waals surface area contributed by atoms with Gasteiger partial charge >= 0.3 is 0 Å². The van der Waals surface area contributed by atoms with Gasteiger partial charge in [0.1, 0.15) is 0 Å². The van der Waals surface area contributed by atoms with E-state index in [1.807, 2.05) is 61.5 Å². The Balaban J connectivity index is 2.27. The van der Waals surface area contributed by atoms with Gasteiger partial charge in [-0.05, 0) is 27.7 Å². The first-order valence-corrected chi connectivity index (χ1v) is 10.7. The van der Waals surface area contributed by atoms with E-state index in [-0.39, 0.29) is 24.2 Å². The SMILES string of the molecule is [2H]c1c([2H])c([2H])c([Si](c2ccccc2)(c2ccccc2)c2ccccc2)c(C)c1[2H]. The first kappa shape index (κ1) is 12.5. The summed E-state index contributed by atoms with van der Waals surface area (Å²) in [5.41, 5.74) is 0.615. The minimum Gasteiger partial charge on any atom is -0.0623 e. The maximum absolute atomic E-state index is 8.92. The van der Waals surface area contributed by atoms with Gasteiger partial charge in [-0.25, -0.2) is 0 Å². The van der Waals surface area contributed by atoms with Crippen LogP contribution < -0.4 is 20.7 Å². The summed E-state index contributed by atoms with van der Waals surface area (Å²) in [7, 11) is -2.99. The average molecular weight is 355 g/mol. The van der Waals surface area contributed by atoms with Gasteiger partial charge in [0.05, 0.1) is 5.48 Å². The monoisotopic (exact) mass is 354 g/mol. The molecular formula is C25H22Si. The van der Waals surface area contributed by atoms with Crippen LogP contribution in [-0.4, -0.2) is 8.07 Å². The van der Waals surface area contributed by atoms with Crippen LogP contribution in [0.5, 0.6) is 0 Å². The van der Waals surface area contributed by atoms with E-state index in [1.54, 1.807) is 0 Å². The third-order valence-corrected chi connectivity index (χ3v) is 9.72. The van der Waals surface area contributed by atoms with E-state index in [9.17, 15) is 0 Å². The molecule has 0 amide bonds. The van der Waals surface area contributed by atoms with Crippen LogP contribution in [0, 0.1) is 6.92 Å². The van der Waals surface area contributed by atoms with E-state index in [1.165, 1.54) is 0 Å². The van der Waals surface area contributed by atoms with Gasteiger partial charge in [-0.3, -0.25) is 0 Å². The van der Waals surface area contributed by atoms with E-state index < -0.39 is 8.07 Å². The summed E-state index contributed by atoms with van der Waals surface area (Å²) in [6.07, 6.45) is 0. The fourth-order valence-corrected chi connectivity index (χ4v) is 8.57. The number of hydrogen-bond donors (Lipinski definition) is 0. The summed E-state index contributed by atoms with van der Waals surface area (Å²) >= 11 is 0. The third kappa shape index (κ3) is 2.71. The molecule has 0 saturated heterocycles. The number of rotatable bonds is 4. The zero-order chi connectivity index (χ0) is 21.3. The highest BCUT2D eigenvalue weighted by Gasteiger charge is 2.41. The molecule has 4 rings (SSSR count). The highest BCUT2D eigenvalue weighted by molar-refractivity contribution is 7.20. The largest absolute Gasteiger partial charge is 0.179 e. The van der Waals surface area contributed by atoms with Crippen molar-refractivity contribution in [2.24, 2.45) is 0 Å². The molecule has 4 aromatic rings. The first-order valence-electron chi connectivity index (χ1n) is 10.7. The zero-order valence-electron chi connectivity index (χ0n) is 18.7. The highest BCUT2D eigenvalue weighted by atomic mass is 28.3. The normalized spacial score (nSPS) is 13.4. The first-order chi connectivity index (χ1) is 14.5. The Morgan fingerprint density at radius 1 is 0.577 bits per heavy atom. The van der Waals surface area contributed by atoms with Gasteiger partial charge in [0.25, 0.3) is 0 Å². The molecule has 0 bridgehead atoms. The molecule has 0 radical (unpaired) electrons. The second kappa shape index (κ2) is 7.15. The molecule has 0 aliphatic heterocycles. The van der Waals surface area contributed by atoms with Crippen molar-refractivity contribution in [3.63, 3.8) is 0 Å². The van der Waals surface area contributed by atoms with Crippen LogP contribution in [0.25, 0.3) is 0 Å². The van der Waals surface area contributed by atoms with Crippen molar-refractivity contribution in [2.45, 2.75) is 6.92 Å². The standard InChI is InChI=1S/C25H22Si/c1-21-13-11-12-20-25(21)26(22-14-5-2-6-15-22,23-16-7-3-8-17-23)24-18-9-4-10-19-24/h2-20H,1H3/i11D,12D,13D,20D. The van der Waals surface area contributed by atoms with Crippen molar-refractivity contribution >= 4 is 28.8 Å². The van der Waals surface area contributed by atoms with Gasteiger partial charge in [0, 0.05) is 0 Å². The molecule has 0 aromatic heterocycles. The lowest BCUT2D eigenvalue weighted by Crippen LogP contribution is -2.75. The topological polar surface area (TPSA) is 0 Å². The highest BCUT2D eigenvalue weighted by Crippen LogP contribution is 2.11. The molecule has 0 nitrogen and oxygen atoms in total. The molecule has 0 aliphatic rings. The Morgan fingerprint density at radius 2 is 0.962 bits per heavy atom. The summed E-state index contributed by atoms with van der Waals surface area (Å²) < 4.78 is 34.0. The minimum atomic E-state index is -2.99. The lowest BCUT2D eigenvalue weighted by atomic mass is 10.2. The number of benzene rings is 4. The molecule has 0 spiro atoms. The fourth-order valence-electron chi connectivity index (χ4n) is 3.75. The Morgan fingerprint density at radius 3 is 1.38 bits per heavy atom. The minimum absolute atomic E-state index is 0.0330. The lowest BCUT2D eigenvalue weighted by molar-refractivity contribution is 1.50. The van der Waals surface area contributed by atoms with Crippen molar-refractivity contribution in [2.75, 3.05) is 0 Å². The molecule has 0 fully saturated rings. The van der Waals surface area contributed by atoms with Gasteiger partial charge < -0.3 is 0 Å².